The maximum atomic E-state index is 12.7. The molecule has 1 unspecified atom stereocenters. The molecule has 1 aliphatic heterocycles. The molecule has 0 radical (unpaired) electrons. The Bertz CT molecular complexity index is 479. The molecular formula is C13H14F3NO2. The summed E-state index contributed by atoms with van der Waals surface area (Å²) in [7, 11) is 0. The van der Waals surface area contributed by atoms with Crippen LogP contribution in [0, 0.1) is 0 Å². The lowest BCUT2D eigenvalue weighted by molar-refractivity contribution is -0.138. The van der Waals surface area contributed by atoms with Crippen LogP contribution in [-0.4, -0.2) is 17.6 Å². The van der Waals surface area contributed by atoms with Gasteiger partial charge in [-0.05, 0) is 37.1 Å². The smallest absolute Gasteiger partial charge is 0.416 e. The molecule has 2 rings (SSSR count). The summed E-state index contributed by atoms with van der Waals surface area (Å²) >= 11 is 0. The van der Waals surface area contributed by atoms with Crippen molar-refractivity contribution in [1.29, 1.82) is 0 Å². The molecule has 2 N–H and O–H groups in total. The Kier molecular flexibility index (Phi) is 3.54. The van der Waals surface area contributed by atoms with Gasteiger partial charge in [-0.25, -0.2) is 0 Å². The van der Waals surface area contributed by atoms with Crippen LogP contribution in [-0.2, 0) is 16.5 Å². The number of nitrogens with one attached hydrogen (secondary N) is 1. The maximum Gasteiger partial charge on any atom is 0.416 e. The molecule has 0 spiro atoms. The van der Waals surface area contributed by atoms with E-state index in [9.17, 15) is 18.0 Å². The quantitative estimate of drug-likeness (QED) is 0.890. The summed E-state index contributed by atoms with van der Waals surface area (Å²) in [5, 5.41) is 12.0. The fourth-order valence-electron chi connectivity index (χ4n) is 2.56. The number of halogens is 3. The molecule has 0 bridgehead atoms. The van der Waals surface area contributed by atoms with Crippen LogP contribution in [0.1, 0.15) is 30.4 Å². The van der Waals surface area contributed by atoms with Crippen molar-refractivity contribution < 1.29 is 23.1 Å². The maximum absolute atomic E-state index is 12.7. The highest BCUT2D eigenvalue weighted by Crippen LogP contribution is 2.37. The summed E-state index contributed by atoms with van der Waals surface area (Å²) in [5.74, 6) is -1.02. The van der Waals surface area contributed by atoms with Gasteiger partial charge in [-0.3, -0.25) is 4.79 Å². The number of hydrogen-bond donors (Lipinski definition) is 2. The molecule has 1 aromatic rings. The Morgan fingerprint density at radius 1 is 1.42 bits per heavy atom. The first-order chi connectivity index (χ1) is 8.83. The molecule has 1 fully saturated rings. The van der Waals surface area contributed by atoms with Gasteiger partial charge in [0.15, 0.2) is 0 Å². The van der Waals surface area contributed by atoms with Crippen LogP contribution in [0.4, 0.5) is 13.2 Å². The van der Waals surface area contributed by atoms with Gasteiger partial charge in [-0.15, -0.1) is 0 Å². The SMILES string of the molecule is O=C(O)CC1(c2cccc(C(F)(F)F)c2)CCCN1. The third-order valence-corrected chi connectivity index (χ3v) is 3.44. The van der Waals surface area contributed by atoms with Gasteiger partial charge in [-0.2, -0.15) is 13.2 Å². The van der Waals surface area contributed by atoms with Crippen molar-refractivity contribution in [3.8, 4) is 0 Å². The van der Waals surface area contributed by atoms with Gasteiger partial charge in [0.05, 0.1) is 17.5 Å². The fourth-order valence-corrected chi connectivity index (χ4v) is 2.56. The number of hydrogen-bond acceptors (Lipinski definition) is 2. The molecule has 0 saturated carbocycles. The second kappa shape index (κ2) is 4.85. The number of carboxylic acids is 1. The van der Waals surface area contributed by atoms with Crippen molar-refractivity contribution in [2.45, 2.75) is 31.0 Å². The van der Waals surface area contributed by atoms with Crippen molar-refractivity contribution in [3.63, 3.8) is 0 Å². The Balaban J connectivity index is 2.40. The second-order valence-electron chi connectivity index (χ2n) is 4.76. The third kappa shape index (κ3) is 2.89. The van der Waals surface area contributed by atoms with Crippen LogP contribution in [0.15, 0.2) is 24.3 Å². The number of aliphatic carboxylic acids is 1. The molecule has 1 heterocycles. The van der Waals surface area contributed by atoms with Gasteiger partial charge in [0.1, 0.15) is 0 Å². The summed E-state index contributed by atoms with van der Waals surface area (Å²) in [6, 6.07) is 4.91. The van der Waals surface area contributed by atoms with Crippen molar-refractivity contribution in [3.05, 3.63) is 35.4 Å². The third-order valence-electron chi connectivity index (χ3n) is 3.44. The normalized spacial score (nSPS) is 23.5. The Labute approximate surface area is 108 Å². The predicted octanol–water partition coefficient (Wildman–Crippen LogP) is 2.76. The standard InChI is InChI=1S/C13H14F3NO2/c14-13(15,16)10-4-1-3-9(7-10)12(8-11(18)19)5-2-6-17-12/h1,3-4,7,17H,2,5-6,8H2,(H,18,19). The zero-order valence-electron chi connectivity index (χ0n) is 10.1. The summed E-state index contributed by atoms with van der Waals surface area (Å²) in [4.78, 5) is 11.0. The molecule has 6 heteroatoms. The van der Waals surface area contributed by atoms with Crippen molar-refractivity contribution in [2.75, 3.05) is 6.54 Å². The topological polar surface area (TPSA) is 49.3 Å². The fraction of sp³-hybridized carbons (Fsp3) is 0.462. The first-order valence-electron chi connectivity index (χ1n) is 5.98. The molecule has 1 saturated heterocycles. The lowest BCUT2D eigenvalue weighted by Gasteiger charge is -2.29. The molecule has 19 heavy (non-hydrogen) atoms. The van der Waals surface area contributed by atoms with E-state index < -0.39 is 23.2 Å². The highest BCUT2D eigenvalue weighted by molar-refractivity contribution is 5.69. The number of benzene rings is 1. The number of alkyl halides is 3. The summed E-state index contributed by atoms with van der Waals surface area (Å²) in [6.07, 6.45) is -3.35. The van der Waals surface area contributed by atoms with Crippen LogP contribution in [0.5, 0.6) is 0 Å². The average molecular weight is 273 g/mol. The van der Waals surface area contributed by atoms with Crippen LogP contribution >= 0.6 is 0 Å². The van der Waals surface area contributed by atoms with Crippen molar-refractivity contribution >= 4 is 5.97 Å². The molecule has 1 aliphatic rings. The summed E-state index contributed by atoms with van der Waals surface area (Å²) in [6.45, 7) is 0.615. The van der Waals surface area contributed by atoms with Crippen molar-refractivity contribution in [1.82, 2.24) is 5.32 Å². The zero-order valence-corrected chi connectivity index (χ0v) is 10.1. The highest BCUT2D eigenvalue weighted by Gasteiger charge is 2.39. The van der Waals surface area contributed by atoms with Crippen LogP contribution < -0.4 is 5.32 Å². The van der Waals surface area contributed by atoms with E-state index in [4.69, 9.17) is 5.11 Å². The van der Waals surface area contributed by atoms with Gasteiger partial charge in [0, 0.05) is 0 Å². The van der Waals surface area contributed by atoms with E-state index in [0.717, 1.165) is 18.6 Å². The minimum absolute atomic E-state index is 0.214. The van der Waals surface area contributed by atoms with Gasteiger partial charge >= 0.3 is 12.1 Å². The lowest BCUT2D eigenvalue weighted by atomic mass is 9.84. The summed E-state index contributed by atoms with van der Waals surface area (Å²) < 4.78 is 38.1. The van der Waals surface area contributed by atoms with Gasteiger partial charge in [0.2, 0.25) is 0 Å². The number of carboxylic acid groups (broad SMARTS) is 1. The monoisotopic (exact) mass is 273 g/mol. The largest absolute Gasteiger partial charge is 0.481 e. The molecule has 1 aromatic carbocycles. The minimum atomic E-state index is -4.42. The highest BCUT2D eigenvalue weighted by atomic mass is 19.4. The lowest BCUT2D eigenvalue weighted by Crippen LogP contribution is -2.39. The van der Waals surface area contributed by atoms with Gasteiger partial charge < -0.3 is 10.4 Å². The first-order valence-corrected chi connectivity index (χ1v) is 5.98. The van der Waals surface area contributed by atoms with Crippen LogP contribution in [0.25, 0.3) is 0 Å². The first kappa shape index (κ1) is 13.9. The molecule has 0 aliphatic carbocycles. The zero-order chi connectivity index (χ0) is 14.1. The molecule has 0 amide bonds. The number of carbonyl (C=O) groups is 1. The van der Waals surface area contributed by atoms with Gasteiger partial charge in [-0.1, -0.05) is 12.1 Å². The Morgan fingerprint density at radius 3 is 2.68 bits per heavy atom. The van der Waals surface area contributed by atoms with Crippen LogP contribution in [0.2, 0.25) is 0 Å². The number of rotatable bonds is 3. The minimum Gasteiger partial charge on any atom is -0.481 e. The second-order valence-corrected chi connectivity index (χ2v) is 4.76. The van der Waals surface area contributed by atoms with Crippen molar-refractivity contribution in [2.24, 2.45) is 0 Å². The Morgan fingerprint density at radius 2 is 2.16 bits per heavy atom. The molecule has 104 valence electrons. The van der Waals surface area contributed by atoms with E-state index in [0.29, 0.717) is 18.5 Å². The van der Waals surface area contributed by atoms with E-state index in [1.807, 2.05) is 0 Å². The predicted molar refractivity (Wildman–Crippen MR) is 62.6 cm³/mol. The Hall–Kier alpha value is -1.56. The van der Waals surface area contributed by atoms with Gasteiger partial charge in [0.25, 0.3) is 0 Å². The summed E-state index contributed by atoms with van der Waals surface area (Å²) in [5.41, 5.74) is -1.24. The van der Waals surface area contributed by atoms with E-state index in [-0.39, 0.29) is 6.42 Å². The molecular weight excluding hydrogens is 259 g/mol. The average Bonchev–Trinajstić information content (AvgIpc) is 2.77. The molecule has 3 nitrogen and oxygen atoms in total. The van der Waals surface area contributed by atoms with E-state index in [1.165, 1.54) is 6.07 Å². The van der Waals surface area contributed by atoms with E-state index >= 15 is 0 Å². The van der Waals surface area contributed by atoms with E-state index in [1.54, 1.807) is 6.07 Å². The van der Waals surface area contributed by atoms with E-state index in [2.05, 4.69) is 5.32 Å². The molecule has 1 atom stereocenters. The van der Waals surface area contributed by atoms with Crippen LogP contribution in [0.3, 0.4) is 0 Å². The molecule has 0 aromatic heterocycles.